The first-order chi connectivity index (χ1) is 9.59. The van der Waals surface area contributed by atoms with Crippen LogP contribution in [0.25, 0.3) is 11.2 Å². The van der Waals surface area contributed by atoms with E-state index >= 15 is 0 Å². The van der Waals surface area contributed by atoms with Crippen molar-refractivity contribution >= 4 is 11.2 Å². The fourth-order valence-corrected chi connectivity index (χ4v) is 2.21. The van der Waals surface area contributed by atoms with Gasteiger partial charge in [0.2, 0.25) is 0 Å². The summed E-state index contributed by atoms with van der Waals surface area (Å²) in [5, 5.41) is 0. The van der Waals surface area contributed by atoms with Crippen LogP contribution in [0.15, 0.2) is 40.4 Å². The van der Waals surface area contributed by atoms with Crippen molar-refractivity contribution in [1.29, 1.82) is 0 Å². The van der Waals surface area contributed by atoms with Gasteiger partial charge < -0.3 is 4.57 Å². The molecule has 0 aliphatic rings. The number of hydrogen-bond acceptors (Lipinski definition) is 4. The van der Waals surface area contributed by atoms with Crippen molar-refractivity contribution < 1.29 is 0 Å². The predicted molar refractivity (Wildman–Crippen MR) is 73.6 cm³/mol. The monoisotopic (exact) mass is 271 g/mol. The Kier molecular flexibility index (Phi) is 2.74. The lowest BCUT2D eigenvalue weighted by Gasteiger charge is -2.08. The van der Waals surface area contributed by atoms with Crippen molar-refractivity contribution in [2.45, 2.75) is 6.54 Å². The summed E-state index contributed by atoms with van der Waals surface area (Å²) in [6.45, 7) is 0.217. The van der Waals surface area contributed by atoms with E-state index in [2.05, 4.69) is 9.97 Å². The Balaban J connectivity index is 2.28. The molecule has 0 bridgehead atoms. The minimum absolute atomic E-state index is 0.217. The second-order valence-corrected chi connectivity index (χ2v) is 4.62. The van der Waals surface area contributed by atoms with Gasteiger partial charge in [0.15, 0.2) is 11.2 Å². The van der Waals surface area contributed by atoms with E-state index in [1.54, 1.807) is 43.2 Å². The number of nitrogens with zero attached hydrogens (tertiary/aromatic N) is 5. The molecule has 0 atom stereocenters. The Morgan fingerprint density at radius 3 is 2.55 bits per heavy atom. The molecule has 0 N–H and O–H groups in total. The Hall–Kier alpha value is -2.70. The highest BCUT2D eigenvalue weighted by Crippen LogP contribution is 2.04. The Labute approximate surface area is 113 Å². The van der Waals surface area contributed by atoms with E-state index in [0.29, 0.717) is 11.2 Å². The van der Waals surface area contributed by atoms with Crippen LogP contribution in [-0.4, -0.2) is 23.7 Å². The van der Waals surface area contributed by atoms with Gasteiger partial charge in [-0.2, -0.15) is 0 Å². The van der Waals surface area contributed by atoms with Gasteiger partial charge in [-0.3, -0.25) is 18.9 Å². The second kappa shape index (κ2) is 4.44. The van der Waals surface area contributed by atoms with Crippen LogP contribution in [0.2, 0.25) is 0 Å². The molecule has 0 spiro atoms. The molecule has 0 radical (unpaired) electrons. The molecule has 0 amide bonds. The van der Waals surface area contributed by atoms with Crippen LogP contribution >= 0.6 is 0 Å². The number of aromatic nitrogens is 5. The Bertz CT molecular complexity index is 889. The molecule has 0 saturated carbocycles. The molecule has 20 heavy (non-hydrogen) atoms. The summed E-state index contributed by atoms with van der Waals surface area (Å²) >= 11 is 0. The van der Waals surface area contributed by atoms with Gasteiger partial charge in [0.25, 0.3) is 5.56 Å². The zero-order chi connectivity index (χ0) is 14.3. The SMILES string of the molecule is Cn1cnc2c1c(=O)n(Cc1ccncc1)c(=O)n2C. The Morgan fingerprint density at radius 2 is 1.85 bits per heavy atom. The van der Waals surface area contributed by atoms with Crippen LogP contribution in [-0.2, 0) is 20.6 Å². The highest BCUT2D eigenvalue weighted by molar-refractivity contribution is 5.69. The average molecular weight is 271 g/mol. The molecule has 3 rings (SSSR count). The number of pyridine rings is 1. The zero-order valence-corrected chi connectivity index (χ0v) is 11.1. The maximum Gasteiger partial charge on any atom is 0.332 e. The van der Waals surface area contributed by atoms with Crippen molar-refractivity contribution in [3.8, 4) is 0 Å². The van der Waals surface area contributed by atoms with Crippen LogP contribution < -0.4 is 11.2 Å². The van der Waals surface area contributed by atoms with E-state index in [1.807, 2.05) is 0 Å². The van der Waals surface area contributed by atoms with Gasteiger partial charge in [0, 0.05) is 26.5 Å². The van der Waals surface area contributed by atoms with Crippen LogP contribution in [0.4, 0.5) is 0 Å². The normalized spacial score (nSPS) is 11.1. The summed E-state index contributed by atoms with van der Waals surface area (Å²) in [4.78, 5) is 32.7. The molecule has 0 aliphatic carbocycles. The summed E-state index contributed by atoms with van der Waals surface area (Å²) in [6, 6.07) is 3.55. The molecule has 7 heteroatoms. The molecule has 0 fully saturated rings. The number of imidazole rings is 1. The fraction of sp³-hybridized carbons (Fsp3) is 0.231. The first kappa shape index (κ1) is 12.3. The zero-order valence-electron chi connectivity index (χ0n) is 11.1. The molecule has 3 heterocycles. The molecule has 102 valence electrons. The van der Waals surface area contributed by atoms with Gasteiger partial charge in [-0.1, -0.05) is 0 Å². The molecule has 7 nitrogen and oxygen atoms in total. The molecule has 3 aromatic rings. The lowest BCUT2D eigenvalue weighted by Crippen LogP contribution is -2.39. The maximum atomic E-state index is 12.5. The van der Waals surface area contributed by atoms with Gasteiger partial charge in [-0.05, 0) is 17.7 Å². The maximum absolute atomic E-state index is 12.5. The van der Waals surface area contributed by atoms with E-state index in [9.17, 15) is 9.59 Å². The van der Waals surface area contributed by atoms with Crippen molar-refractivity contribution in [1.82, 2.24) is 23.7 Å². The van der Waals surface area contributed by atoms with E-state index in [1.165, 1.54) is 15.5 Å². The van der Waals surface area contributed by atoms with Crippen molar-refractivity contribution in [2.75, 3.05) is 0 Å². The quantitative estimate of drug-likeness (QED) is 0.651. The molecule has 0 saturated heterocycles. The molecule has 0 unspecified atom stereocenters. The first-order valence-corrected chi connectivity index (χ1v) is 6.09. The molecular weight excluding hydrogens is 258 g/mol. The largest absolute Gasteiger partial charge is 0.332 e. The van der Waals surface area contributed by atoms with E-state index < -0.39 is 0 Å². The lowest BCUT2D eigenvalue weighted by molar-refractivity contribution is 0.654. The highest BCUT2D eigenvalue weighted by atomic mass is 16.2. The van der Waals surface area contributed by atoms with Crippen molar-refractivity contribution in [3.05, 3.63) is 57.3 Å². The average Bonchev–Trinajstić information content (AvgIpc) is 2.84. The van der Waals surface area contributed by atoms with Crippen LogP contribution in [0.5, 0.6) is 0 Å². The van der Waals surface area contributed by atoms with E-state index in [4.69, 9.17) is 0 Å². The molecule has 0 aliphatic heterocycles. The van der Waals surface area contributed by atoms with Crippen molar-refractivity contribution in [3.63, 3.8) is 0 Å². The number of hydrogen-bond donors (Lipinski definition) is 0. The van der Waals surface area contributed by atoms with Gasteiger partial charge >= 0.3 is 5.69 Å². The third kappa shape index (κ3) is 1.75. The summed E-state index contributed by atoms with van der Waals surface area (Å²) in [7, 11) is 3.35. The fourth-order valence-electron chi connectivity index (χ4n) is 2.21. The summed E-state index contributed by atoms with van der Waals surface area (Å²) in [5.74, 6) is 0. The van der Waals surface area contributed by atoms with Crippen LogP contribution in [0, 0.1) is 0 Å². The topological polar surface area (TPSA) is 74.7 Å². The molecular formula is C13H13N5O2. The Morgan fingerprint density at radius 1 is 1.15 bits per heavy atom. The smallest absolute Gasteiger partial charge is 0.328 e. The number of rotatable bonds is 2. The highest BCUT2D eigenvalue weighted by Gasteiger charge is 2.14. The first-order valence-electron chi connectivity index (χ1n) is 6.09. The van der Waals surface area contributed by atoms with E-state index in [-0.39, 0.29) is 17.8 Å². The minimum atomic E-state index is -0.377. The number of aryl methyl sites for hydroxylation is 2. The van der Waals surface area contributed by atoms with Crippen molar-refractivity contribution in [2.24, 2.45) is 14.1 Å². The predicted octanol–water partition coefficient (Wildman–Crippen LogP) is -0.123. The van der Waals surface area contributed by atoms with Gasteiger partial charge in [-0.15, -0.1) is 0 Å². The summed E-state index contributed by atoms with van der Waals surface area (Å²) in [5.41, 5.74) is 0.952. The van der Waals surface area contributed by atoms with Crippen LogP contribution in [0.1, 0.15) is 5.56 Å². The second-order valence-electron chi connectivity index (χ2n) is 4.62. The third-order valence-electron chi connectivity index (χ3n) is 3.29. The summed E-state index contributed by atoms with van der Waals surface area (Å²) < 4.78 is 4.22. The lowest BCUT2D eigenvalue weighted by atomic mass is 10.2. The molecule has 3 aromatic heterocycles. The van der Waals surface area contributed by atoms with Gasteiger partial charge in [-0.25, -0.2) is 9.78 Å². The third-order valence-corrected chi connectivity index (χ3v) is 3.29. The molecule has 0 aromatic carbocycles. The van der Waals surface area contributed by atoms with E-state index in [0.717, 1.165) is 5.56 Å². The standard InChI is InChI=1S/C13H13N5O2/c1-16-8-15-11-10(16)12(19)18(13(20)17(11)2)7-9-3-5-14-6-4-9/h3-6,8H,7H2,1-2H3. The summed E-state index contributed by atoms with van der Waals surface area (Å²) in [6.07, 6.45) is 4.79. The van der Waals surface area contributed by atoms with Crippen LogP contribution in [0.3, 0.4) is 0 Å². The van der Waals surface area contributed by atoms with Gasteiger partial charge in [0.05, 0.1) is 12.9 Å². The van der Waals surface area contributed by atoms with Gasteiger partial charge in [0.1, 0.15) is 0 Å². The number of fused-ring (bicyclic) bond motifs is 1. The minimum Gasteiger partial charge on any atom is -0.328 e.